The Bertz CT molecular complexity index is 678. The number of aliphatic imine (C=N–C) groups is 1. The number of carbonyl (C=O) groups is 2. The first kappa shape index (κ1) is 25.9. The van der Waals surface area contributed by atoms with E-state index in [1.165, 1.54) is 0 Å². The number of guanidine groups is 1. The molecule has 11 heteroatoms. The fourth-order valence-corrected chi connectivity index (χ4v) is 5.16. The van der Waals surface area contributed by atoms with E-state index in [9.17, 15) is 18.0 Å². The van der Waals surface area contributed by atoms with Crippen molar-refractivity contribution in [1.82, 2.24) is 15.5 Å². The van der Waals surface area contributed by atoms with Gasteiger partial charge in [0.15, 0.2) is 15.8 Å². The molecule has 0 saturated carbocycles. The molecule has 0 aromatic heterocycles. The van der Waals surface area contributed by atoms with Crippen LogP contribution in [0.15, 0.2) is 4.99 Å². The van der Waals surface area contributed by atoms with Gasteiger partial charge in [-0.05, 0) is 33.1 Å². The standard InChI is InChI=1S/C18H32N4O5S.HI/c1-3-19-18(22-10-6-14(7-11-22)17(24)27-4-2)20-9-5-16(23)21-15-8-12-28(25,26)13-15;/h14-15H,3-13H2,1-2H3,(H,19,20)(H,21,23);1H. The van der Waals surface area contributed by atoms with Crippen LogP contribution in [0.25, 0.3) is 0 Å². The van der Waals surface area contributed by atoms with E-state index in [-0.39, 0.29) is 65.7 Å². The van der Waals surface area contributed by atoms with Gasteiger partial charge in [0, 0.05) is 32.1 Å². The zero-order valence-corrected chi connectivity index (χ0v) is 20.3. The Balaban J connectivity index is 0.00000420. The molecule has 1 amide bonds. The number of halogens is 1. The summed E-state index contributed by atoms with van der Waals surface area (Å²) in [6, 6.07) is -0.281. The van der Waals surface area contributed by atoms with Crippen molar-refractivity contribution in [2.45, 2.75) is 45.6 Å². The van der Waals surface area contributed by atoms with Crippen molar-refractivity contribution in [3.05, 3.63) is 0 Å². The molecule has 0 radical (unpaired) electrons. The van der Waals surface area contributed by atoms with E-state index in [0.717, 1.165) is 18.8 Å². The van der Waals surface area contributed by atoms with Crippen LogP contribution in [-0.4, -0.2) is 81.5 Å². The number of rotatable bonds is 7. The van der Waals surface area contributed by atoms with Crippen molar-refractivity contribution < 1.29 is 22.7 Å². The van der Waals surface area contributed by atoms with Gasteiger partial charge in [-0.1, -0.05) is 0 Å². The predicted molar refractivity (Wildman–Crippen MR) is 122 cm³/mol. The Kier molecular flexibility index (Phi) is 11.2. The van der Waals surface area contributed by atoms with Gasteiger partial charge in [-0.25, -0.2) is 8.42 Å². The minimum Gasteiger partial charge on any atom is -0.466 e. The summed E-state index contributed by atoms with van der Waals surface area (Å²) in [5.74, 6) is 0.536. The predicted octanol–water partition coefficient (Wildman–Crippen LogP) is 0.538. The number of hydrogen-bond acceptors (Lipinski definition) is 6. The van der Waals surface area contributed by atoms with Crippen LogP contribution in [0.2, 0.25) is 0 Å². The van der Waals surface area contributed by atoms with E-state index in [1.54, 1.807) is 0 Å². The summed E-state index contributed by atoms with van der Waals surface area (Å²) in [5, 5.41) is 6.01. The second-order valence-corrected chi connectivity index (χ2v) is 9.40. The van der Waals surface area contributed by atoms with Crippen molar-refractivity contribution in [3.8, 4) is 0 Å². The maximum Gasteiger partial charge on any atom is 0.309 e. The Labute approximate surface area is 190 Å². The Morgan fingerprint density at radius 3 is 2.41 bits per heavy atom. The summed E-state index contributed by atoms with van der Waals surface area (Å²) in [6.07, 6.45) is 2.14. The number of hydrogen-bond donors (Lipinski definition) is 2. The van der Waals surface area contributed by atoms with Crippen LogP contribution in [0.3, 0.4) is 0 Å². The molecule has 1 unspecified atom stereocenters. The molecule has 0 spiro atoms. The molecule has 168 valence electrons. The highest BCUT2D eigenvalue weighted by Crippen LogP contribution is 2.18. The van der Waals surface area contributed by atoms with Crippen LogP contribution in [0.4, 0.5) is 0 Å². The highest BCUT2D eigenvalue weighted by Gasteiger charge is 2.29. The average molecular weight is 544 g/mol. The lowest BCUT2D eigenvalue weighted by Gasteiger charge is -2.33. The number of likely N-dealkylation sites (tertiary alicyclic amines) is 1. The van der Waals surface area contributed by atoms with Crippen molar-refractivity contribution in [2.75, 3.05) is 44.3 Å². The van der Waals surface area contributed by atoms with Gasteiger partial charge in [-0.15, -0.1) is 24.0 Å². The lowest BCUT2D eigenvalue weighted by Crippen LogP contribution is -2.47. The van der Waals surface area contributed by atoms with E-state index in [4.69, 9.17) is 4.74 Å². The molecular weight excluding hydrogens is 511 g/mol. The summed E-state index contributed by atoms with van der Waals surface area (Å²) in [7, 11) is -3.00. The molecule has 0 aliphatic carbocycles. The third-order valence-electron chi connectivity index (χ3n) is 4.95. The summed E-state index contributed by atoms with van der Waals surface area (Å²) >= 11 is 0. The summed E-state index contributed by atoms with van der Waals surface area (Å²) in [6.45, 7) is 6.65. The van der Waals surface area contributed by atoms with Gasteiger partial charge in [0.2, 0.25) is 5.91 Å². The number of amides is 1. The number of sulfone groups is 1. The number of ether oxygens (including phenoxy) is 1. The van der Waals surface area contributed by atoms with Crippen LogP contribution in [0.1, 0.15) is 39.5 Å². The topological polar surface area (TPSA) is 117 Å². The minimum absolute atomic E-state index is 0. The van der Waals surface area contributed by atoms with E-state index >= 15 is 0 Å². The van der Waals surface area contributed by atoms with Gasteiger partial charge in [0.25, 0.3) is 0 Å². The average Bonchev–Trinajstić information content (AvgIpc) is 2.99. The zero-order chi connectivity index (χ0) is 20.6. The van der Waals surface area contributed by atoms with Crippen molar-refractivity contribution >= 4 is 51.6 Å². The molecule has 2 aliphatic rings. The summed E-state index contributed by atoms with van der Waals surface area (Å²) in [5.41, 5.74) is 0. The maximum absolute atomic E-state index is 12.0. The molecule has 29 heavy (non-hydrogen) atoms. The third kappa shape index (κ3) is 8.65. The van der Waals surface area contributed by atoms with Gasteiger partial charge in [-0.3, -0.25) is 14.6 Å². The largest absolute Gasteiger partial charge is 0.466 e. The third-order valence-corrected chi connectivity index (χ3v) is 6.72. The summed E-state index contributed by atoms with van der Waals surface area (Å²) < 4.78 is 28.0. The Morgan fingerprint density at radius 2 is 1.86 bits per heavy atom. The van der Waals surface area contributed by atoms with Crippen molar-refractivity contribution in [1.29, 1.82) is 0 Å². The van der Waals surface area contributed by atoms with Gasteiger partial charge < -0.3 is 20.3 Å². The molecule has 0 bridgehead atoms. The smallest absolute Gasteiger partial charge is 0.309 e. The monoisotopic (exact) mass is 544 g/mol. The second-order valence-electron chi connectivity index (χ2n) is 7.17. The Morgan fingerprint density at radius 1 is 1.17 bits per heavy atom. The lowest BCUT2D eigenvalue weighted by molar-refractivity contribution is -0.149. The van der Waals surface area contributed by atoms with Crippen molar-refractivity contribution in [3.63, 3.8) is 0 Å². The molecule has 2 aliphatic heterocycles. The fourth-order valence-electron chi connectivity index (χ4n) is 3.48. The summed E-state index contributed by atoms with van der Waals surface area (Å²) in [4.78, 5) is 30.5. The van der Waals surface area contributed by atoms with Gasteiger partial charge in [0.1, 0.15) is 0 Å². The van der Waals surface area contributed by atoms with Crippen LogP contribution >= 0.6 is 24.0 Å². The molecule has 9 nitrogen and oxygen atoms in total. The number of carbonyl (C=O) groups excluding carboxylic acids is 2. The molecule has 0 aromatic carbocycles. The first-order valence-electron chi connectivity index (χ1n) is 10.0. The van der Waals surface area contributed by atoms with Crippen LogP contribution in [0.5, 0.6) is 0 Å². The number of nitrogens with one attached hydrogen (secondary N) is 2. The van der Waals surface area contributed by atoms with Crippen LogP contribution < -0.4 is 10.6 Å². The molecule has 0 aromatic rings. The normalized spacial score (nSPS) is 21.9. The quantitative estimate of drug-likeness (QED) is 0.208. The first-order valence-corrected chi connectivity index (χ1v) is 11.9. The van der Waals surface area contributed by atoms with Crippen LogP contribution in [-0.2, 0) is 24.2 Å². The lowest BCUT2D eigenvalue weighted by atomic mass is 9.97. The first-order chi connectivity index (χ1) is 13.3. The van der Waals surface area contributed by atoms with E-state index in [2.05, 4.69) is 20.5 Å². The maximum atomic E-state index is 12.0. The fraction of sp³-hybridized carbons (Fsp3) is 0.833. The number of piperidine rings is 1. The van der Waals surface area contributed by atoms with Gasteiger partial charge in [-0.2, -0.15) is 0 Å². The molecular formula is C18H33IN4O5S. The van der Waals surface area contributed by atoms with Gasteiger partial charge >= 0.3 is 5.97 Å². The molecule has 1 atom stereocenters. The van der Waals surface area contributed by atoms with E-state index < -0.39 is 9.84 Å². The van der Waals surface area contributed by atoms with E-state index in [0.29, 0.717) is 39.2 Å². The molecule has 2 rings (SSSR count). The highest BCUT2D eigenvalue weighted by atomic mass is 127. The molecule has 2 fully saturated rings. The minimum atomic E-state index is -3.00. The van der Waals surface area contributed by atoms with Crippen LogP contribution in [0, 0.1) is 5.92 Å². The molecule has 2 heterocycles. The van der Waals surface area contributed by atoms with E-state index in [1.807, 2.05) is 13.8 Å². The second kappa shape index (κ2) is 12.6. The Hall–Kier alpha value is -1.11. The highest BCUT2D eigenvalue weighted by molar-refractivity contribution is 14.0. The zero-order valence-electron chi connectivity index (χ0n) is 17.2. The number of nitrogens with zero attached hydrogens (tertiary/aromatic N) is 2. The molecule has 2 N–H and O–H groups in total. The number of esters is 1. The van der Waals surface area contributed by atoms with Gasteiger partial charge in [0.05, 0.1) is 30.6 Å². The van der Waals surface area contributed by atoms with Crippen molar-refractivity contribution in [2.24, 2.45) is 10.9 Å². The molecule has 2 saturated heterocycles. The SMILES string of the molecule is CCNC(=NCCC(=O)NC1CCS(=O)(=O)C1)N1CCC(C(=O)OCC)CC1.I.